The molecule has 0 N–H and O–H groups in total. The summed E-state index contributed by atoms with van der Waals surface area (Å²) in [4.78, 5) is 13.6. The topological polar surface area (TPSA) is 29.4 Å². The summed E-state index contributed by atoms with van der Waals surface area (Å²) < 4.78 is 0. The Hall–Kier alpha value is -1.11. The van der Waals surface area contributed by atoms with E-state index in [9.17, 15) is 4.79 Å². The fourth-order valence-electron chi connectivity index (χ4n) is 1.45. The number of halogens is 1. The maximum atomic E-state index is 9.98. The van der Waals surface area contributed by atoms with Gasteiger partial charge in [-0.2, -0.15) is 4.99 Å². The van der Waals surface area contributed by atoms with Crippen molar-refractivity contribution in [2.75, 3.05) is 0 Å². The molecule has 0 spiro atoms. The van der Waals surface area contributed by atoms with Crippen LogP contribution in [0.2, 0.25) is 5.02 Å². The smallest absolute Gasteiger partial charge is 0.211 e. The quantitative estimate of drug-likeness (QED) is 0.480. The van der Waals surface area contributed by atoms with Crippen LogP contribution in [0.4, 0.5) is 0 Å². The molecule has 1 atom stereocenters. The van der Waals surface area contributed by atoms with Gasteiger partial charge >= 0.3 is 0 Å². The van der Waals surface area contributed by atoms with E-state index in [2.05, 4.69) is 4.99 Å². The first-order valence-corrected chi connectivity index (χ1v) is 4.05. The summed E-state index contributed by atoms with van der Waals surface area (Å²) in [6.07, 6.45) is 2.33. The summed E-state index contributed by atoms with van der Waals surface area (Å²) in [7, 11) is 0. The highest BCUT2D eigenvalue weighted by atomic mass is 35.5. The molecule has 3 heteroatoms. The van der Waals surface area contributed by atoms with Gasteiger partial charge in [0.1, 0.15) is 0 Å². The van der Waals surface area contributed by atoms with E-state index in [4.69, 9.17) is 11.6 Å². The average molecular weight is 180 g/mol. The summed E-state index contributed by atoms with van der Waals surface area (Å²) in [5.41, 5.74) is 2.18. The Balaban J connectivity index is 2.42. The lowest BCUT2D eigenvalue weighted by Crippen LogP contribution is -2.15. The SMILES string of the molecule is O=C=NC1Cc2c(Cl)cccc21. The van der Waals surface area contributed by atoms with E-state index in [1.54, 1.807) is 6.08 Å². The largest absolute Gasteiger partial charge is 0.235 e. The molecule has 0 heterocycles. The molecule has 0 saturated heterocycles. The number of fused-ring (bicyclic) bond motifs is 1. The molecule has 2 rings (SSSR count). The van der Waals surface area contributed by atoms with Crippen LogP contribution in [0, 0.1) is 0 Å². The van der Waals surface area contributed by atoms with E-state index in [1.165, 1.54) is 0 Å². The molecule has 0 radical (unpaired) electrons. The summed E-state index contributed by atoms with van der Waals surface area (Å²) in [5.74, 6) is 0. The molecule has 0 aromatic heterocycles. The first-order chi connectivity index (χ1) is 5.83. The van der Waals surface area contributed by atoms with Gasteiger partial charge in [-0.05, 0) is 17.2 Å². The van der Waals surface area contributed by atoms with Crippen LogP contribution in [0.25, 0.3) is 0 Å². The summed E-state index contributed by atoms with van der Waals surface area (Å²) >= 11 is 5.89. The molecule has 0 fully saturated rings. The van der Waals surface area contributed by atoms with Crippen LogP contribution in [-0.2, 0) is 11.2 Å². The first kappa shape index (κ1) is 7.53. The minimum atomic E-state index is -0.00352. The van der Waals surface area contributed by atoms with Crippen molar-refractivity contribution in [3.63, 3.8) is 0 Å². The molecule has 1 aliphatic rings. The van der Waals surface area contributed by atoms with Crippen molar-refractivity contribution in [2.24, 2.45) is 4.99 Å². The monoisotopic (exact) mass is 179 g/mol. The molecule has 0 bridgehead atoms. The van der Waals surface area contributed by atoms with E-state index in [-0.39, 0.29) is 6.04 Å². The molecule has 1 aliphatic carbocycles. The van der Waals surface area contributed by atoms with Gasteiger partial charge in [-0.15, -0.1) is 0 Å². The van der Waals surface area contributed by atoms with Gasteiger partial charge in [-0.1, -0.05) is 23.7 Å². The second-order valence-corrected chi connectivity index (χ2v) is 3.16. The van der Waals surface area contributed by atoms with Gasteiger partial charge in [-0.25, -0.2) is 4.79 Å². The maximum Gasteiger partial charge on any atom is 0.235 e. The second kappa shape index (κ2) is 2.74. The molecule has 12 heavy (non-hydrogen) atoms. The van der Waals surface area contributed by atoms with E-state index in [0.29, 0.717) is 0 Å². The highest BCUT2D eigenvalue weighted by Gasteiger charge is 2.27. The lowest BCUT2D eigenvalue weighted by Gasteiger charge is -2.26. The minimum Gasteiger partial charge on any atom is -0.211 e. The Labute approximate surface area is 74.9 Å². The zero-order chi connectivity index (χ0) is 8.55. The molecule has 0 aliphatic heterocycles. The van der Waals surface area contributed by atoms with Crippen LogP contribution in [0.3, 0.4) is 0 Å². The molecule has 0 saturated carbocycles. The maximum absolute atomic E-state index is 9.98. The third kappa shape index (κ3) is 0.970. The number of benzene rings is 1. The second-order valence-electron chi connectivity index (χ2n) is 2.75. The Kier molecular flexibility index (Phi) is 1.72. The Bertz CT molecular complexity index is 369. The van der Waals surface area contributed by atoms with Crippen LogP contribution in [0.1, 0.15) is 17.2 Å². The molecular weight excluding hydrogens is 174 g/mol. The lowest BCUT2D eigenvalue weighted by molar-refractivity contribution is 0.550. The number of hydrogen-bond donors (Lipinski definition) is 0. The van der Waals surface area contributed by atoms with Crippen molar-refractivity contribution in [1.82, 2.24) is 0 Å². The number of rotatable bonds is 1. The van der Waals surface area contributed by atoms with Crippen LogP contribution < -0.4 is 0 Å². The molecule has 1 unspecified atom stereocenters. The van der Waals surface area contributed by atoms with Gasteiger partial charge in [-0.3, -0.25) is 0 Å². The van der Waals surface area contributed by atoms with Crippen molar-refractivity contribution in [1.29, 1.82) is 0 Å². The third-order valence-electron chi connectivity index (χ3n) is 2.12. The Morgan fingerprint density at radius 2 is 2.42 bits per heavy atom. The third-order valence-corrected chi connectivity index (χ3v) is 2.47. The van der Waals surface area contributed by atoms with Crippen molar-refractivity contribution in [3.05, 3.63) is 34.3 Å². The fraction of sp³-hybridized carbons (Fsp3) is 0.222. The fourth-order valence-corrected chi connectivity index (χ4v) is 1.71. The van der Waals surface area contributed by atoms with E-state index in [1.807, 2.05) is 18.2 Å². The Morgan fingerprint density at radius 1 is 1.58 bits per heavy atom. The van der Waals surface area contributed by atoms with Gasteiger partial charge in [0.15, 0.2) is 0 Å². The van der Waals surface area contributed by atoms with Crippen LogP contribution >= 0.6 is 11.6 Å². The lowest BCUT2D eigenvalue weighted by atomic mass is 9.84. The number of isocyanates is 1. The molecular formula is C9H6ClNO. The number of aliphatic imine (C=N–C) groups is 1. The zero-order valence-electron chi connectivity index (χ0n) is 6.25. The summed E-state index contributed by atoms with van der Waals surface area (Å²) in [6, 6.07) is 5.65. The van der Waals surface area contributed by atoms with E-state index < -0.39 is 0 Å². The molecule has 1 aromatic rings. The molecule has 60 valence electrons. The van der Waals surface area contributed by atoms with Crippen molar-refractivity contribution in [3.8, 4) is 0 Å². The van der Waals surface area contributed by atoms with Gasteiger partial charge in [0.25, 0.3) is 0 Å². The van der Waals surface area contributed by atoms with Crippen molar-refractivity contribution >= 4 is 17.7 Å². The predicted octanol–water partition coefficient (Wildman–Crippen LogP) is 2.27. The minimum absolute atomic E-state index is 0.00352. The van der Waals surface area contributed by atoms with Crippen molar-refractivity contribution in [2.45, 2.75) is 12.5 Å². The highest BCUT2D eigenvalue weighted by Crippen LogP contribution is 2.39. The highest BCUT2D eigenvalue weighted by molar-refractivity contribution is 6.31. The van der Waals surface area contributed by atoms with Crippen LogP contribution in [0.5, 0.6) is 0 Å². The van der Waals surface area contributed by atoms with Gasteiger partial charge < -0.3 is 0 Å². The molecule has 0 amide bonds. The standard InChI is InChI=1S/C9H6ClNO/c10-8-3-1-2-6-7(8)4-9(6)11-5-12/h1-3,9H,4H2. The number of hydrogen-bond acceptors (Lipinski definition) is 2. The summed E-state index contributed by atoms with van der Waals surface area (Å²) in [5, 5.41) is 0.768. The first-order valence-electron chi connectivity index (χ1n) is 3.67. The van der Waals surface area contributed by atoms with Gasteiger partial charge in [0.2, 0.25) is 6.08 Å². The van der Waals surface area contributed by atoms with E-state index >= 15 is 0 Å². The Morgan fingerprint density at radius 3 is 3.17 bits per heavy atom. The predicted molar refractivity (Wildman–Crippen MR) is 46.0 cm³/mol. The summed E-state index contributed by atoms with van der Waals surface area (Å²) in [6.45, 7) is 0. The van der Waals surface area contributed by atoms with Crippen molar-refractivity contribution < 1.29 is 4.79 Å². The number of carbonyl (C=O) groups excluding carboxylic acids is 1. The van der Waals surface area contributed by atoms with Crippen LogP contribution in [0.15, 0.2) is 23.2 Å². The molecule has 2 nitrogen and oxygen atoms in total. The van der Waals surface area contributed by atoms with Crippen LogP contribution in [-0.4, -0.2) is 6.08 Å². The number of nitrogens with zero attached hydrogens (tertiary/aromatic N) is 1. The van der Waals surface area contributed by atoms with Gasteiger partial charge in [0, 0.05) is 11.4 Å². The zero-order valence-corrected chi connectivity index (χ0v) is 7.01. The van der Waals surface area contributed by atoms with E-state index in [0.717, 1.165) is 22.6 Å². The normalized spacial score (nSPS) is 18.9. The average Bonchev–Trinajstić information content (AvgIpc) is 2.04. The molecule has 1 aromatic carbocycles. The van der Waals surface area contributed by atoms with Gasteiger partial charge in [0.05, 0.1) is 6.04 Å².